The second kappa shape index (κ2) is 19.7. The fourth-order valence-electron chi connectivity index (χ4n) is 7.32. The van der Waals surface area contributed by atoms with Gasteiger partial charge in [0.05, 0.1) is 31.4 Å². The maximum absolute atomic E-state index is 14.1. The number of carbonyl (C=O) groups excluding carboxylic acids is 3. The minimum Gasteiger partial charge on any atom is -0.460 e. The molecule has 0 saturated carbocycles. The molecule has 2 heterocycles. The first-order chi connectivity index (χ1) is 28.7. The number of nitrogens with one attached hydrogen (secondary N) is 1. The van der Waals surface area contributed by atoms with Crippen molar-refractivity contribution in [3.8, 4) is 0 Å². The number of fused-ring (bicyclic) bond motifs is 1. The molecule has 3 aromatic carbocycles. The van der Waals surface area contributed by atoms with E-state index in [0.717, 1.165) is 0 Å². The lowest BCUT2D eigenvalue weighted by Gasteiger charge is -2.39. The van der Waals surface area contributed by atoms with Crippen LogP contribution in [0.1, 0.15) is 67.1 Å². The lowest BCUT2D eigenvalue weighted by atomic mass is 9.91. The highest BCUT2D eigenvalue weighted by Crippen LogP contribution is 2.47. The normalized spacial score (nSPS) is 26.8. The van der Waals surface area contributed by atoms with Crippen molar-refractivity contribution in [3.63, 3.8) is 0 Å². The summed E-state index contributed by atoms with van der Waals surface area (Å²) in [5, 5.41) is 52.9. The molecule has 0 bridgehead atoms. The Morgan fingerprint density at radius 3 is 2.17 bits per heavy atom. The summed E-state index contributed by atoms with van der Waals surface area (Å²) in [5.41, 5.74) is 1.52. The van der Waals surface area contributed by atoms with Gasteiger partial charge in [-0.15, -0.1) is 0 Å². The molecule has 0 radical (unpaired) electrons. The summed E-state index contributed by atoms with van der Waals surface area (Å²) >= 11 is 0. The third-order valence-electron chi connectivity index (χ3n) is 10.3. The predicted molar refractivity (Wildman–Crippen MR) is 215 cm³/mol. The average Bonchev–Trinajstić information content (AvgIpc) is 3.65. The van der Waals surface area contributed by atoms with Gasteiger partial charge in [-0.3, -0.25) is 9.59 Å². The predicted octanol–water partition coefficient (Wildman–Crippen LogP) is 2.66. The molecular formula is C45H53NO14. The maximum Gasteiger partial charge on any atom is 0.339 e. The third kappa shape index (κ3) is 10.5. The number of esters is 2. The smallest absolute Gasteiger partial charge is 0.339 e. The third-order valence-corrected chi connectivity index (χ3v) is 10.3. The monoisotopic (exact) mass is 831 g/mol. The number of rotatable bonds is 15. The van der Waals surface area contributed by atoms with Gasteiger partial charge in [0.25, 0.3) is 0 Å². The molecule has 2 saturated heterocycles. The van der Waals surface area contributed by atoms with Crippen molar-refractivity contribution in [2.45, 2.75) is 106 Å². The standard InChI is InChI=1S/C45H53NO14/c1-44(2,3)59-36(49)21-20-31(25-47)46-41(53)28-23-33(40-34(24-28)58-45(60-40,29-15-6-4-7-16-29)30-17-8-5-9-18-30)56-42(54)32-19-11-10-13-27(32)14-12-22-55-43-39(52)38(51)37(50)35(26-48)57-43/h4-19,24,31,33-35,37-40,43,47-48,50-52H,20-23,25-26H2,1-3H3,(H,46,53). The van der Waals surface area contributed by atoms with Crippen LogP contribution in [0, 0.1) is 0 Å². The Labute approximate surface area is 348 Å². The zero-order valence-electron chi connectivity index (χ0n) is 33.7. The van der Waals surface area contributed by atoms with Gasteiger partial charge in [0.15, 0.2) is 6.29 Å². The first kappa shape index (κ1) is 44.7. The van der Waals surface area contributed by atoms with Crippen LogP contribution in [-0.2, 0) is 43.8 Å². The molecule has 9 unspecified atom stereocenters. The Balaban J connectivity index is 1.23. The molecule has 1 amide bonds. The quantitative estimate of drug-likeness (QED) is 0.121. The first-order valence-electron chi connectivity index (χ1n) is 19.9. The number of benzene rings is 3. The molecule has 6 rings (SSSR count). The van der Waals surface area contributed by atoms with Crippen LogP contribution in [0.25, 0.3) is 6.08 Å². The fourth-order valence-corrected chi connectivity index (χ4v) is 7.32. The molecule has 1 aliphatic carbocycles. The fraction of sp³-hybridized carbons (Fsp3) is 0.444. The zero-order valence-corrected chi connectivity index (χ0v) is 33.7. The molecule has 3 aromatic rings. The number of carbonyl (C=O) groups is 3. The van der Waals surface area contributed by atoms with Crippen molar-refractivity contribution >= 4 is 23.9 Å². The molecule has 6 N–H and O–H groups in total. The first-order valence-corrected chi connectivity index (χ1v) is 19.9. The highest BCUT2D eigenvalue weighted by atomic mass is 16.8. The molecule has 15 nitrogen and oxygen atoms in total. The Morgan fingerprint density at radius 2 is 1.53 bits per heavy atom. The summed E-state index contributed by atoms with van der Waals surface area (Å²) in [6.07, 6.45) is -5.14. The second-order valence-corrected chi connectivity index (χ2v) is 15.9. The van der Waals surface area contributed by atoms with Gasteiger partial charge in [-0.25, -0.2) is 4.79 Å². The number of hydrogen-bond donors (Lipinski definition) is 6. The molecule has 2 fully saturated rings. The SMILES string of the molecule is CC(C)(C)OC(=O)CCC(CO)NC(=O)C1=CC2OC(c3ccccc3)(c3ccccc3)OC2C(OC(=O)c2ccccc2C=CCOC2OC(CO)C(O)C(O)C2O)C1. The maximum atomic E-state index is 14.1. The van der Waals surface area contributed by atoms with Crippen molar-refractivity contribution in [2.24, 2.45) is 0 Å². The van der Waals surface area contributed by atoms with Gasteiger partial charge in [-0.2, -0.15) is 0 Å². The van der Waals surface area contributed by atoms with Crippen LogP contribution in [0.5, 0.6) is 0 Å². The average molecular weight is 832 g/mol. The van der Waals surface area contributed by atoms with Gasteiger partial charge in [0.1, 0.15) is 48.3 Å². The number of ether oxygens (including phenoxy) is 6. The number of aliphatic hydroxyl groups is 5. The van der Waals surface area contributed by atoms with Crippen LogP contribution < -0.4 is 5.32 Å². The van der Waals surface area contributed by atoms with E-state index in [1.165, 1.54) is 0 Å². The molecule has 15 heteroatoms. The van der Waals surface area contributed by atoms with Crippen LogP contribution in [0.4, 0.5) is 0 Å². The van der Waals surface area contributed by atoms with E-state index < -0.39 is 97.5 Å². The van der Waals surface area contributed by atoms with Crippen LogP contribution in [-0.4, -0.2) is 124 Å². The van der Waals surface area contributed by atoms with E-state index in [9.17, 15) is 39.9 Å². The minimum absolute atomic E-state index is 0.0336. The Hall–Kier alpha value is -4.81. The number of hydrogen-bond acceptors (Lipinski definition) is 14. The van der Waals surface area contributed by atoms with Gasteiger partial charge in [0, 0.05) is 29.5 Å². The van der Waals surface area contributed by atoms with Gasteiger partial charge >= 0.3 is 11.9 Å². The summed E-state index contributed by atoms with van der Waals surface area (Å²) in [6, 6.07) is 24.5. The molecule has 322 valence electrons. The van der Waals surface area contributed by atoms with Gasteiger partial charge in [-0.05, 0) is 44.9 Å². The summed E-state index contributed by atoms with van der Waals surface area (Å²) < 4.78 is 36.2. The van der Waals surface area contributed by atoms with Crippen LogP contribution in [0.3, 0.4) is 0 Å². The number of amides is 1. The van der Waals surface area contributed by atoms with E-state index in [1.54, 1.807) is 63.3 Å². The molecule has 2 aliphatic heterocycles. The molecule has 3 aliphatic rings. The van der Waals surface area contributed by atoms with Gasteiger partial charge in [-0.1, -0.05) is 91.0 Å². The van der Waals surface area contributed by atoms with E-state index in [0.29, 0.717) is 16.7 Å². The summed E-state index contributed by atoms with van der Waals surface area (Å²) in [7, 11) is 0. The lowest BCUT2D eigenvalue weighted by Crippen LogP contribution is -2.59. The largest absolute Gasteiger partial charge is 0.460 e. The van der Waals surface area contributed by atoms with E-state index in [2.05, 4.69) is 5.32 Å². The Kier molecular flexibility index (Phi) is 14.7. The van der Waals surface area contributed by atoms with E-state index in [4.69, 9.17) is 28.4 Å². The second-order valence-electron chi connectivity index (χ2n) is 15.9. The zero-order chi connectivity index (χ0) is 43.0. The van der Waals surface area contributed by atoms with Crippen LogP contribution in [0.15, 0.2) is 103 Å². The summed E-state index contributed by atoms with van der Waals surface area (Å²) in [4.78, 5) is 40.4. The molecule has 60 heavy (non-hydrogen) atoms. The molecular weight excluding hydrogens is 778 g/mol. The van der Waals surface area contributed by atoms with Gasteiger partial charge < -0.3 is 59.3 Å². The van der Waals surface area contributed by atoms with E-state index in [1.807, 2.05) is 60.7 Å². The van der Waals surface area contributed by atoms with E-state index >= 15 is 0 Å². The van der Waals surface area contributed by atoms with Crippen molar-refractivity contribution < 1.29 is 68.3 Å². The Morgan fingerprint density at radius 1 is 0.883 bits per heavy atom. The van der Waals surface area contributed by atoms with Crippen LogP contribution in [0.2, 0.25) is 0 Å². The highest BCUT2D eigenvalue weighted by Gasteiger charge is 2.55. The summed E-state index contributed by atoms with van der Waals surface area (Å²) in [5.74, 6) is -3.16. The molecule has 0 spiro atoms. The Bertz CT molecular complexity index is 1940. The van der Waals surface area contributed by atoms with Crippen LogP contribution >= 0.6 is 0 Å². The van der Waals surface area contributed by atoms with Crippen molar-refractivity contribution in [1.82, 2.24) is 5.32 Å². The lowest BCUT2D eigenvalue weighted by molar-refractivity contribution is -0.298. The van der Waals surface area contributed by atoms with Gasteiger partial charge in [0.2, 0.25) is 11.7 Å². The van der Waals surface area contributed by atoms with Crippen molar-refractivity contribution in [3.05, 3.63) is 125 Å². The molecule has 0 aromatic heterocycles. The molecule has 9 atom stereocenters. The van der Waals surface area contributed by atoms with Crippen molar-refractivity contribution in [2.75, 3.05) is 19.8 Å². The van der Waals surface area contributed by atoms with Crippen molar-refractivity contribution in [1.29, 1.82) is 0 Å². The highest BCUT2D eigenvalue weighted by molar-refractivity contribution is 5.95. The topological polar surface area (TPSA) is 220 Å². The van der Waals surface area contributed by atoms with E-state index in [-0.39, 0.29) is 37.0 Å². The minimum atomic E-state index is -1.60. The summed E-state index contributed by atoms with van der Waals surface area (Å²) in [6.45, 7) is 4.08. The number of aliphatic hydroxyl groups excluding tert-OH is 5.